The van der Waals surface area contributed by atoms with Crippen molar-refractivity contribution < 1.29 is 19.4 Å². The van der Waals surface area contributed by atoms with E-state index >= 15 is 0 Å². The van der Waals surface area contributed by atoms with Crippen LogP contribution in [0.3, 0.4) is 0 Å². The molecule has 8 rings (SSSR count). The molecule has 4 heterocycles. The first-order chi connectivity index (χ1) is 20.4. The van der Waals surface area contributed by atoms with Crippen LogP contribution in [0.5, 0.6) is 0 Å². The number of hydrogen-bond acceptors (Lipinski definition) is 8. The van der Waals surface area contributed by atoms with Crippen molar-refractivity contribution in [2.75, 3.05) is 24.7 Å². The second-order valence-corrected chi connectivity index (χ2v) is 13.7. The third-order valence-electron chi connectivity index (χ3n) is 9.19. The van der Waals surface area contributed by atoms with Crippen molar-refractivity contribution in [1.82, 2.24) is 20.0 Å². The highest BCUT2D eigenvalue weighted by molar-refractivity contribution is 7.22. The van der Waals surface area contributed by atoms with Gasteiger partial charge in [0.25, 0.3) is 0 Å². The topological polar surface area (TPSA) is 103 Å². The molecule has 42 heavy (non-hydrogen) atoms. The molecular formula is C30H29Cl2N5O4S. The van der Waals surface area contributed by atoms with E-state index in [-0.39, 0.29) is 12.0 Å². The minimum Gasteiger partial charge on any atom is -0.478 e. The van der Waals surface area contributed by atoms with Gasteiger partial charge in [-0.3, -0.25) is 0 Å². The van der Waals surface area contributed by atoms with Crippen molar-refractivity contribution in [3.63, 3.8) is 0 Å². The zero-order valence-corrected chi connectivity index (χ0v) is 25.0. The van der Waals surface area contributed by atoms with Gasteiger partial charge < -0.3 is 19.5 Å². The molecule has 4 aliphatic rings. The van der Waals surface area contributed by atoms with Gasteiger partial charge >= 0.3 is 5.97 Å². The van der Waals surface area contributed by atoms with Crippen LogP contribution in [0.15, 0.2) is 30.3 Å². The van der Waals surface area contributed by atoms with Crippen LogP contribution in [0.1, 0.15) is 71.2 Å². The standard InChI is InChI=1S/C30H29Cl2N5O4S/c31-21-2-1-3-22(32)28(21)37-23(26(34-35-37)15-4-5-15)14-41-24-11-19-8-18(24)12-36(19)30-33-27-20(16-6-7-40-13-16)9-17(29(38)39)10-25(27)42-30/h1-3,9-10,15-16,18-19,24H,4-8,11-14H2,(H,38,39)/t16-,18+,19+,24-/m1/s1. The predicted octanol–water partition coefficient (Wildman–Crippen LogP) is 6.45. The molecule has 0 amide bonds. The third-order valence-corrected chi connectivity index (χ3v) is 10.8. The van der Waals surface area contributed by atoms with Gasteiger partial charge in [-0.25, -0.2) is 14.5 Å². The number of aromatic carboxylic acids is 1. The zero-order chi connectivity index (χ0) is 28.5. The molecule has 2 aromatic carbocycles. The summed E-state index contributed by atoms with van der Waals surface area (Å²) in [4.78, 5) is 19.3. The number of aromatic nitrogens is 4. The number of carboxylic acids is 1. The Morgan fingerprint density at radius 3 is 2.67 bits per heavy atom. The Morgan fingerprint density at radius 1 is 1.14 bits per heavy atom. The summed E-state index contributed by atoms with van der Waals surface area (Å²) in [6.07, 6.45) is 5.19. The van der Waals surface area contributed by atoms with E-state index < -0.39 is 5.97 Å². The fourth-order valence-electron chi connectivity index (χ4n) is 6.91. The number of carbonyl (C=O) groups is 1. The highest BCUT2D eigenvalue weighted by Crippen LogP contribution is 2.46. The summed E-state index contributed by atoms with van der Waals surface area (Å²) >= 11 is 14.7. The van der Waals surface area contributed by atoms with Gasteiger partial charge in [-0.15, -0.1) is 5.10 Å². The van der Waals surface area contributed by atoms with Crippen molar-refractivity contribution in [3.05, 3.63) is 62.9 Å². The maximum absolute atomic E-state index is 11.9. The lowest BCUT2D eigenvalue weighted by Gasteiger charge is -2.31. The molecule has 218 valence electrons. The maximum atomic E-state index is 11.9. The molecule has 9 nitrogen and oxygen atoms in total. The third kappa shape index (κ3) is 4.59. The number of nitrogens with zero attached hydrogens (tertiary/aromatic N) is 5. The Bertz CT molecular complexity index is 1680. The molecule has 0 spiro atoms. The van der Waals surface area contributed by atoms with Gasteiger partial charge in [0.15, 0.2) is 5.13 Å². The summed E-state index contributed by atoms with van der Waals surface area (Å²) in [6, 6.07) is 9.33. The molecule has 2 aliphatic carbocycles. The van der Waals surface area contributed by atoms with Gasteiger partial charge in [-0.1, -0.05) is 45.8 Å². The molecule has 2 aromatic heterocycles. The molecule has 2 saturated heterocycles. The minimum atomic E-state index is -0.912. The molecule has 2 saturated carbocycles. The SMILES string of the molecule is O=C(O)c1cc([C@@H]2CCOC2)c2nc(N3C[C@@H]4C[C@H]3C[C@H]4OCc3c(C4CC4)nnn3-c3c(Cl)cccc3Cl)sc2c1. The molecule has 4 fully saturated rings. The van der Waals surface area contributed by atoms with Crippen molar-refractivity contribution in [2.45, 2.75) is 62.7 Å². The number of piperidine rings is 1. The van der Waals surface area contributed by atoms with Crippen LogP contribution in [-0.4, -0.2) is 63.0 Å². The highest BCUT2D eigenvalue weighted by Gasteiger charge is 2.46. The number of rotatable bonds is 8. The van der Waals surface area contributed by atoms with E-state index in [2.05, 4.69) is 15.2 Å². The van der Waals surface area contributed by atoms with Gasteiger partial charge in [0, 0.05) is 36.9 Å². The largest absolute Gasteiger partial charge is 0.478 e. The molecule has 2 bridgehead atoms. The van der Waals surface area contributed by atoms with Crippen molar-refractivity contribution >= 4 is 55.9 Å². The second-order valence-electron chi connectivity index (χ2n) is 11.8. The van der Waals surface area contributed by atoms with E-state index in [4.69, 9.17) is 37.7 Å². The first kappa shape index (κ1) is 26.8. The number of anilines is 1. The molecule has 0 unspecified atom stereocenters. The molecule has 2 aliphatic heterocycles. The van der Waals surface area contributed by atoms with Gasteiger partial charge in [-0.05, 0) is 61.9 Å². The van der Waals surface area contributed by atoms with E-state index in [1.165, 1.54) is 0 Å². The number of hydrogen-bond donors (Lipinski definition) is 1. The lowest BCUT2D eigenvalue weighted by molar-refractivity contribution is 0.00991. The zero-order valence-electron chi connectivity index (χ0n) is 22.7. The maximum Gasteiger partial charge on any atom is 0.335 e. The first-order valence-corrected chi connectivity index (χ1v) is 16.0. The molecule has 1 N–H and O–H groups in total. The minimum absolute atomic E-state index is 0.127. The Hall–Kier alpha value is -2.76. The Morgan fingerprint density at radius 2 is 1.98 bits per heavy atom. The number of halogens is 2. The monoisotopic (exact) mass is 625 g/mol. The van der Waals surface area contributed by atoms with Crippen LogP contribution >= 0.6 is 34.5 Å². The second kappa shape index (κ2) is 10.4. The predicted molar refractivity (Wildman–Crippen MR) is 161 cm³/mol. The number of fused-ring (bicyclic) bond motifs is 3. The van der Waals surface area contributed by atoms with Crippen LogP contribution in [0, 0.1) is 5.92 Å². The normalized spacial score (nSPS) is 25.2. The number of para-hydroxylation sites is 1. The van der Waals surface area contributed by atoms with Crippen LogP contribution in [-0.2, 0) is 16.1 Å². The lowest BCUT2D eigenvalue weighted by Crippen LogP contribution is -2.38. The Labute approximate surface area is 256 Å². The number of ether oxygens (including phenoxy) is 2. The summed E-state index contributed by atoms with van der Waals surface area (Å²) in [5.74, 6) is 0.0662. The van der Waals surface area contributed by atoms with E-state index in [9.17, 15) is 9.90 Å². The number of carboxylic acid groups (broad SMARTS) is 1. The lowest BCUT2D eigenvalue weighted by atomic mass is 9.95. The van der Waals surface area contributed by atoms with E-state index in [0.717, 1.165) is 70.9 Å². The van der Waals surface area contributed by atoms with Crippen LogP contribution in [0.4, 0.5) is 5.13 Å². The number of thiazole rings is 1. The fourth-order valence-corrected chi connectivity index (χ4v) is 8.58. The van der Waals surface area contributed by atoms with Crippen molar-refractivity contribution in [2.24, 2.45) is 5.92 Å². The van der Waals surface area contributed by atoms with Crippen molar-refractivity contribution in [1.29, 1.82) is 0 Å². The van der Waals surface area contributed by atoms with Crippen LogP contribution in [0.2, 0.25) is 10.0 Å². The Kier molecular flexibility index (Phi) is 6.68. The number of benzene rings is 2. The quantitative estimate of drug-likeness (QED) is 0.238. The van der Waals surface area contributed by atoms with Gasteiger partial charge in [0.05, 0.1) is 56.5 Å². The van der Waals surface area contributed by atoms with Crippen molar-refractivity contribution in [3.8, 4) is 5.69 Å². The van der Waals surface area contributed by atoms with Crippen LogP contribution in [0.25, 0.3) is 15.9 Å². The summed E-state index contributed by atoms with van der Waals surface area (Å²) in [6.45, 7) is 2.58. The van der Waals surface area contributed by atoms with E-state index in [0.29, 0.717) is 59.0 Å². The molecule has 4 aromatic rings. The Balaban J connectivity index is 1.02. The fraction of sp³-hybridized carbons (Fsp3) is 0.467. The highest BCUT2D eigenvalue weighted by atomic mass is 35.5. The van der Waals surface area contributed by atoms with Gasteiger partial charge in [0.2, 0.25) is 0 Å². The average molecular weight is 627 g/mol. The summed E-state index contributed by atoms with van der Waals surface area (Å²) < 4.78 is 14.9. The summed E-state index contributed by atoms with van der Waals surface area (Å²) in [5.41, 5.74) is 4.77. The van der Waals surface area contributed by atoms with E-state index in [1.807, 2.05) is 18.2 Å². The van der Waals surface area contributed by atoms with E-state index in [1.54, 1.807) is 28.2 Å². The molecule has 4 atom stereocenters. The molecule has 12 heteroatoms. The molecule has 0 radical (unpaired) electrons. The van der Waals surface area contributed by atoms with Gasteiger partial charge in [0.1, 0.15) is 5.69 Å². The molecular weight excluding hydrogens is 597 g/mol. The van der Waals surface area contributed by atoms with Crippen LogP contribution < -0.4 is 4.90 Å². The average Bonchev–Trinajstić information content (AvgIpc) is 3.49. The first-order valence-electron chi connectivity index (χ1n) is 14.5. The van der Waals surface area contributed by atoms with Gasteiger partial charge in [-0.2, -0.15) is 0 Å². The summed E-state index contributed by atoms with van der Waals surface area (Å²) in [7, 11) is 0. The smallest absolute Gasteiger partial charge is 0.335 e. The summed E-state index contributed by atoms with van der Waals surface area (Å²) in [5, 5.41) is 20.7.